The van der Waals surface area contributed by atoms with Crippen molar-refractivity contribution >= 4 is 254 Å². The van der Waals surface area contributed by atoms with Gasteiger partial charge in [-0.3, -0.25) is 0 Å². The van der Waals surface area contributed by atoms with Gasteiger partial charge in [-0.2, -0.15) is 15.8 Å². The number of aromatic nitrogens is 3. The number of nitrogens with zero attached hydrogens (tertiary/aromatic N) is 6. The van der Waals surface area contributed by atoms with E-state index in [0.29, 0.717) is 16.7 Å². The van der Waals surface area contributed by atoms with Gasteiger partial charge in [0.05, 0.1) is 95.1 Å². The average molecular weight is 1750 g/mol. The van der Waals surface area contributed by atoms with Crippen LogP contribution in [0.3, 0.4) is 0 Å². The first-order chi connectivity index (χ1) is 63.4. The molecule has 0 aliphatic carbocycles. The molecule has 0 saturated heterocycles. The summed E-state index contributed by atoms with van der Waals surface area (Å²) in [5.74, 6) is 0. The highest BCUT2D eigenvalue weighted by atomic mass is 32.1. The van der Waals surface area contributed by atoms with Gasteiger partial charge in [-0.15, -0.1) is 68.0 Å². The zero-order valence-corrected chi connectivity index (χ0v) is 75.0. The highest BCUT2D eigenvalue weighted by molar-refractivity contribution is 7.28. The van der Waals surface area contributed by atoms with Crippen LogP contribution in [0.15, 0.2) is 315 Å². The Morgan fingerprint density at radius 1 is 0.225 bits per heavy atom. The minimum Gasteiger partial charge on any atom is -0.308 e. The summed E-state index contributed by atoms with van der Waals surface area (Å²) in [6, 6.07) is 125. The van der Waals surface area contributed by atoms with Crippen molar-refractivity contribution in [3.8, 4) is 68.7 Å². The number of nitriles is 3. The van der Waals surface area contributed by atoms with Crippen LogP contribution in [-0.4, -0.2) is 13.7 Å². The average Bonchev–Trinajstić information content (AvgIpc) is 1.57. The molecule has 9 heterocycles. The van der Waals surface area contributed by atoms with E-state index in [-0.39, 0.29) is 0 Å². The van der Waals surface area contributed by atoms with E-state index in [1.54, 1.807) is 34.0 Å². The lowest BCUT2D eigenvalue weighted by Gasteiger charge is -2.11. The number of hydrogen-bond donors (Lipinski definition) is 0. The van der Waals surface area contributed by atoms with Gasteiger partial charge in [0, 0.05) is 125 Å². The quantitative estimate of drug-likeness (QED) is 0.137. The maximum Gasteiger partial charge on any atom is 0.101 e. The lowest BCUT2D eigenvalue weighted by molar-refractivity contribution is 1.18. The van der Waals surface area contributed by atoms with E-state index in [2.05, 4.69) is 357 Å². The Kier molecular flexibility index (Phi) is 16.2. The summed E-state index contributed by atoms with van der Waals surface area (Å²) in [5, 5.41) is 54.1. The molecule has 0 saturated carbocycles. The third-order valence-electron chi connectivity index (χ3n) is 27.2. The molecule has 0 unspecified atom stereocenters. The summed E-state index contributed by atoms with van der Waals surface area (Å²) >= 11 is 10.8. The SMILES string of the molecule is Cc1ccc2c(c1)c1cc(C)ccc1n2-c1cccc2c1sc1c(C#N)ccc(-c3ccc4c(c3)sc3cc(Cc5ccc6c(c5)c5cc(C)ccc5n6-c5cccc6c5sc5c(C#N)ccc(-c7ccc8sc9c(Cc%10ccc%11c(c%10)c%10cc(C)ccc%10n%11-c%10cccc%11c%10sc%10c(C#N)ccc(-c%12cccc%13sc%14ccccc%14c%12%13)c%10%11)cccc9c8c7)c56)ccc34)c12. The van der Waals surface area contributed by atoms with Gasteiger partial charge >= 0.3 is 0 Å². The van der Waals surface area contributed by atoms with Crippen LogP contribution in [0.5, 0.6) is 0 Å². The van der Waals surface area contributed by atoms with Gasteiger partial charge in [-0.05, 0) is 242 Å². The monoisotopic (exact) mass is 1750 g/mol. The maximum absolute atomic E-state index is 11.0. The van der Waals surface area contributed by atoms with E-state index in [4.69, 9.17) is 0 Å². The minimum absolute atomic E-state index is 0.676. The van der Waals surface area contributed by atoms with Crippen molar-refractivity contribution in [1.29, 1.82) is 15.8 Å². The first-order valence-electron chi connectivity index (χ1n) is 43.5. The Balaban J connectivity index is 0.510. The third-order valence-corrected chi connectivity index (χ3v) is 34.5. The molecule has 9 aromatic heterocycles. The molecule has 0 aliphatic rings. The van der Waals surface area contributed by atoms with Gasteiger partial charge in [0.1, 0.15) is 18.2 Å². The molecule has 18 aromatic carbocycles. The first-order valence-corrected chi connectivity index (χ1v) is 48.4. The molecule has 0 aliphatic heterocycles. The Labute approximate surface area is 763 Å². The number of aryl methyl sites for hydroxylation is 4. The van der Waals surface area contributed by atoms with Gasteiger partial charge in [-0.25, -0.2) is 0 Å². The van der Waals surface area contributed by atoms with Crippen LogP contribution in [0.4, 0.5) is 0 Å². The van der Waals surface area contributed by atoms with Gasteiger partial charge < -0.3 is 13.7 Å². The highest BCUT2D eigenvalue weighted by Crippen LogP contribution is 2.54. The molecule has 0 bridgehead atoms. The zero-order valence-electron chi connectivity index (χ0n) is 70.1. The second kappa shape index (κ2) is 28.1. The predicted molar refractivity (Wildman–Crippen MR) is 555 cm³/mol. The summed E-state index contributed by atoms with van der Waals surface area (Å²) in [6.45, 7) is 8.72. The van der Waals surface area contributed by atoms with Crippen LogP contribution in [-0.2, 0) is 12.8 Å². The predicted octanol–water partition coefficient (Wildman–Crippen LogP) is 34.2. The Morgan fingerprint density at radius 3 is 1.15 bits per heavy atom. The second-order valence-corrected chi connectivity index (χ2v) is 41.2. The third kappa shape index (κ3) is 11.0. The Morgan fingerprint density at radius 2 is 0.612 bits per heavy atom. The molecular formula is C117H68N6S6. The van der Waals surface area contributed by atoms with E-state index in [1.165, 1.54) is 159 Å². The van der Waals surface area contributed by atoms with Gasteiger partial charge in [0.25, 0.3) is 0 Å². The van der Waals surface area contributed by atoms with Crippen molar-refractivity contribution in [3.05, 3.63) is 377 Å². The number of hydrogen-bond acceptors (Lipinski definition) is 9. The summed E-state index contributed by atoms with van der Waals surface area (Å²) in [4.78, 5) is 0. The van der Waals surface area contributed by atoms with Gasteiger partial charge in [0.2, 0.25) is 0 Å². The van der Waals surface area contributed by atoms with E-state index in [9.17, 15) is 15.8 Å². The second-order valence-electron chi connectivity index (χ2n) is 34.9. The normalized spacial score (nSPS) is 12.2. The molecule has 0 atom stereocenters. The van der Waals surface area contributed by atoms with Crippen LogP contribution < -0.4 is 0 Å². The lowest BCUT2D eigenvalue weighted by atomic mass is 9.94. The number of thiophene rings is 6. The van der Waals surface area contributed by atoms with E-state index >= 15 is 0 Å². The van der Waals surface area contributed by atoms with E-state index in [1.807, 2.05) is 52.2 Å². The largest absolute Gasteiger partial charge is 0.308 e. The molecule has 0 fully saturated rings. The summed E-state index contributed by atoms with van der Waals surface area (Å²) in [5.41, 5.74) is 29.1. The smallest absolute Gasteiger partial charge is 0.101 e. The van der Waals surface area contributed by atoms with Crippen LogP contribution in [0.2, 0.25) is 0 Å². The Bertz CT molecular complexity index is 9840. The maximum atomic E-state index is 11.0. The molecule has 12 heteroatoms. The van der Waals surface area contributed by atoms with E-state index in [0.717, 1.165) is 136 Å². The summed E-state index contributed by atoms with van der Waals surface area (Å²) in [6.07, 6.45) is 1.54. The number of benzene rings is 18. The van der Waals surface area contributed by atoms with Crippen molar-refractivity contribution in [3.63, 3.8) is 0 Å². The fourth-order valence-corrected chi connectivity index (χ4v) is 28.9. The molecule has 27 rings (SSSR count). The molecule has 0 amide bonds. The molecule has 129 heavy (non-hydrogen) atoms. The van der Waals surface area contributed by atoms with Crippen molar-refractivity contribution in [2.24, 2.45) is 0 Å². The molecule has 6 nitrogen and oxygen atoms in total. The van der Waals surface area contributed by atoms with Crippen LogP contribution in [0, 0.1) is 61.7 Å². The highest BCUT2D eigenvalue weighted by Gasteiger charge is 2.28. The zero-order chi connectivity index (χ0) is 85.6. The molecule has 27 aromatic rings. The minimum atomic E-state index is 0.676. The first kappa shape index (κ1) is 74.4. The molecular weight excluding hydrogens is 1680 g/mol. The number of rotatable bonds is 10. The van der Waals surface area contributed by atoms with Crippen LogP contribution >= 0.6 is 68.0 Å². The van der Waals surface area contributed by atoms with Crippen molar-refractivity contribution in [2.75, 3.05) is 0 Å². The number of fused-ring (bicyclic) bond motifs is 27. The fourth-order valence-electron chi connectivity index (χ4n) is 21.5. The van der Waals surface area contributed by atoms with Crippen molar-refractivity contribution in [1.82, 2.24) is 13.7 Å². The van der Waals surface area contributed by atoms with Crippen molar-refractivity contribution < 1.29 is 0 Å². The lowest BCUT2D eigenvalue weighted by Crippen LogP contribution is -1.94. The summed E-state index contributed by atoms with van der Waals surface area (Å²) in [7, 11) is 0. The molecule has 602 valence electrons. The standard InChI is InChI=1S/C117H68N6S6/c1-62-24-41-93-86(48-62)87-49-63(2)25-42-94(87)121(93)99-19-9-17-84-109-76(38-33-73(60-119)113(109)128-116(84)99)70-31-39-78-77-36-28-67(56-105(77)125-106(78)58-70)52-66-29-45-97-90(54-66)88-50-64(3)26-43-95(88)122(97)100-20-8-16-83-108-75(37-32-72(59-118)112(108)127-115(83)100)69-35-47-103-92(57-69)81-15-7-12-71(111(81)126-103)53-68-30-46-98-91(55-68)89-51-65(4)27-44-96(89)123(98)101-21-10-18-85-110-80(40-34-74(61-120)114(110)129-117(85)101)79-14-11-23-104-107(79)82-13-5-6-22-102(82)124-104/h5-51,54-58H,52-53H2,1-4H3. The van der Waals surface area contributed by atoms with Crippen molar-refractivity contribution in [2.45, 2.75) is 40.5 Å². The molecule has 0 N–H and O–H groups in total. The van der Waals surface area contributed by atoms with Gasteiger partial charge in [0.15, 0.2) is 0 Å². The molecule has 0 radical (unpaired) electrons. The van der Waals surface area contributed by atoms with Crippen LogP contribution in [0.1, 0.15) is 61.2 Å². The van der Waals surface area contributed by atoms with E-state index < -0.39 is 0 Å². The van der Waals surface area contributed by atoms with Gasteiger partial charge in [-0.1, -0.05) is 192 Å². The fraction of sp³-hybridized carbons (Fsp3) is 0.0513. The molecule has 0 spiro atoms. The Hall–Kier alpha value is -14.9. The topological polar surface area (TPSA) is 86.2 Å². The summed E-state index contributed by atoms with van der Waals surface area (Å²) < 4.78 is 21.4. The van der Waals surface area contributed by atoms with Crippen LogP contribution in [0.25, 0.3) is 237 Å².